The van der Waals surface area contributed by atoms with Crippen LogP contribution in [0.1, 0.15) is 22.7 Å². The van der Waals surface area contributed by atoms with Gasteiger partial charge in [-0.3, -0.25) is 0 Å². The molecule has 0 aliphatic heterocycles. The molecule has 21 heavy (non-hydrogen) atoms. The Morgan fingerprint density at radius 2 is 1.81 bits per heavy atom. The van der Waals surface area contributed by atoms with Gasteiger partial charge in [-0.25, -0.2) is 0 Å². The SMILES string of the molecule is CNC(c1ccc(Br)cc1C)c1cc(Cl)c(OC)cc1Cl. The van der Waals surface area contributed by atoms with E-state index in [1.54, 1.807) is 13.2 Å². The largest absolute Gasteiger partial charge is 0.495 e. The monoisotopic (exact) mass is 387 g/mol. The number of aryl methyl sites for hydroxylation is 1. The maximum absolute atomic E-state index is 6.40. The number of hydrogen-bond donors (Lipinski definition) is 1. The van der Waals surface area contributed by atoms with Crippen molar-refractivity contribution >= 4 is 39.1 Å². The summed E-state index contributed by atoms with van der Waals surface area (Å²) in [5.74, 6) is 0.577. The zero-order valence-corrected chi connectivity index (χ0v) is 15.1. The summed E-state index contributed by atoms with van der Waals surface area (Å²) in [4.78, 5) is 0. The predicted molar refractivity (Wildman–Crippen MR) is 92.8 cm³/mol. The summed E-state index contributed by atoms with van der Waals surface area (Å²) in [6.45, 7) is 2.07. The van der Waals surface area contributed by atoms with E-state index in [1.807, 2.05) is 19.2 Å². The molecule has 5 heteroatoms. The molecule has 0 fully saturated rings. The van der Waals surface area contributed by atoms with Crippen molar-refractivity contribution < 1.29 is 4.74 Å². The van der Waals surface area contributed by atoms with Crippen molar-refractivity contribution in [3.05, 3.63) is 61.5 Å². The minimum absolute atomic E-state index is 0.0333. The first kappa shape index (κ1) is 16.6. The van der Waals surface area contributed by atoms with Crippen molar-refractivity contribution in [1.29, 1.82) is 0 Å². The average Bonchev–Trinajstić information content (AvgIpc) is 2.45. The van der Waals surface area contributed by atoms with Crippen LogP contribution in [0.4, 0.5) is 0 Å². The molecule has 112 valence electrons. The van der Waals surface area contributed by atoms with Crippen molar-refractivity contribution in [2.45, 2.75) is 13.0 Å². The maximum atomic E-state index is 6.40. The third-order valence-electron chi connectivity index (χ3n) is 3.41. The molecule has 2 aromatic carbocycles. The molecular weight excluding hydrogens is 373 g/mol. The van der Waals surface area contributed by atoms with Crippen LogP contribution < -0.4 is 10.1 Å². The summed E-state index contributed by atoms with van der Waals surface area (Å²) < 4.78 is 6.25. The summed E-state index contributed by atoms with van der Waals surface area (Å²) >= 11 is 16.1. The van der Waals surface area contributed by atoms with E-state index in [2.05, 4.69) is 40.3 Å². The van der Waals surface area contributed by atoms with Crippen molar-refractivity contribution in [2.24, 2.45) is 0 Å². The maximum Gasteiger partial charge on any atom is 0.138 e. The van der Waals surface area contributed by atoms with Gasteiger partial charge >= 0.3 is 0 Å². The Kier molecular flexibility index (Phi) is 5.55. The first-order chi connectivity index (χ1) is 9.97. The molecule has 0 saturated heterocycles. The van der Waals surface area contributed by atoms with Gasteiger partial charge in [0.2, 0.25) is 0 Å². The molecule has 1 atom stereocenters. The molecule has 0 aliphatic rings. The zero-order valence-electron chi connectivity index (χ0n) is 12.0. The number of rotatable bonds is 4. The van der Waals surface area contributed by atoms with Gasteiger partial charge < -0.3 is 10.1 Å². The van der Waals surface area contributed by atoms with Gasteiger partial charge in [0, 0.05) is 15.6 Å². The number of halogens is 3. The predicted octanol–water partition coefficient (Wildman–Crippen LogP) is 5.38. The first-order valence-electron chi connectivity index (χ1n) is 6.44. The number of hydrogen-bond acceptors (Lipinski definition) is 2. The van der Waals surface area contributed by atoms with Crippen LogP contribution >= 0.6 is 39.1 Å². The second kappa shape index (κ2) is 7.01. The Morgan fingerprint density at radius 3 is 2.38 bits per heavy atom. The van der Waals surface area contributed by atoms with Crippen LogP contribution in [-0.2, 0) is 0 Å². The molecule has 0 bridgehead atoms. The first-order valence-corrected chi connectivity index (χ1v) is 7.99. The lowest BCUT2D eigenvalue weighted by Gasteiger charge is -2.21. The highest BCUT2D eigenvalue weighted by molar-refractivity contribution is 9.10. The molecular formula is C16H16BrCl2NO. The van der Waals surface area contributed by atoms with Gasteiger partial charge in [-0.15, -0.1) is 0 Å². The Balaban J connectivity index is 2.53. The number of benzene rings is 2. The van der Waals surface area contributed by atoms with E-state index in [0.29, 0.717) is 15.8 Å². The second-order valence-corrected chi connectivity index (χ2v) is 6.46. The lowest BCUT2D eigenvalue weighted by molar-refractivity contribution is 0.415. The average molecular weight is 389 g/mol. The topological polar surface area (TPSA) is 21.3 Å². The molecule has 2 nitrogen and oxygen atoms in total. The molecule has 0 heterocycles. The van der Waals surface area contributed by atoms with Gasteiger partial charge in [-0.1, -0.05) is 45.2 Å². The molecule has 2 rings (SSSR count). The summed E-state index contributed by atoms with van der Waals surface area (Å²) in [6, 6.07) is 9.75. The molecule has 0 aliphatic carbocycles. The fourth-order valence-corrected chi connectivity index (χ4v) is 3.35. The lowest BCUT2D eigenvalue weighted by Crippen LogP contribution is -2.19. The fourth-order valence-electron chi connectivity index (χ4n) is 2.36. The van der Waals surface area contributed by atoms with E-state index in [4.69, 9.17) is 27.9 Å². The van der Waals surface area contributed by atoms with Crippen molar-refractivity contribution in [3.63, 3.8) is 0 Å². The van der Waals surface area contributed by atoms with Gasteiger partial charge in [-0.05, 0) is 48.9 Å². The minimum atomic E-state index is -0.0333. The highest BCUT2D eigenvalue weighted by Crippen LogP contribution is 2.37. The third-order valence-corrected chi connectivity index (χ3v) is 4.53. The van der Waals surface area contributed by atoms with Gasteiger partial charge in [-0.2, -0.15) is 0 Å². The minimum Gasteiger partial charge on any atom is -0.495 e. The van der Waals surface area contributed by atoms with E-state index in [0.717, 1.165) is 15.6 Å². The molecule has 0 radical (unpaired) electrons. The molecule has 2 aromatic rings. The lowest BCUT2D eigenvalue weighted by atomic mass is 9.95. The van der Waals surface area contributed by atoms with Crippen molar-refractivity contribution in [1.82, 2.24) is 5.32 Å². The highest BCUT2D eigenvalue weighted by atomic mass is 79.9. The normalized spacial score (nSPS) is 12.3. The molecule has 1 unspecified atom stereocenters. The number of ether oxygens (including phenoxy) is 1. The molecule has 0 spiro atoms. The van der Waals surface area contributed by atoms with Crippen LogP contribution in [0.25, 0.3) is 0 Å². The summed E-state index contributed by atoms with van der Waals surface area (Å²) in [5.41, 5.74) is 3.26. The van der Waals surface area contributed by atoms with E-state index in [1.165, 1.54) is 5.56 Å². The molecule has 0 saturated carbocycles. The fraction of sp³-hybridized carbons (Fsp3) is 0.250. The quantitative estimate of drug-likeness (QED) is 0.758. The zero-order chi connectivity index (χ0) is 15.6. The standard InChI is InChI=1S/C16H16BrCl2NO/c1-9-6-10(17)4-5-11(9)16(20-2)12-7-14(19)15(21-3)8-13(12)18/h4-8,16,20H,1-3H3. The molecule has 0 amide bonds. The Morgan fingerprint density at radius 1 is 1.10 bits per heavy atom. The number of nitrogens with one attached hydrogen (secondary N) is 1. The van der Waals surface area contributed by atoms with Crippen molar-refractivity contribution in [3.8, 4) is 5.75 Å². The smallest absolute Gasteiger partial charge is 0.138 e. The van der Waals surface area contributed by atoms with Crippen LogP contribution in [0.2, 0.25) is 10.0 Å². The van der Waals surface area contributed by atoms with E-state index in [9.17, 15) is 0 Å². The van der Waals surface area contributed by atoms with E-state index >= 15 is 0 Å². The third kappa shape index (κ3) is 3.54. The summed E-state index contributed by atoms with van der Waals surface area (Å²) in [5, 5.41) is 4.47. The molecule has 0 aromatic heterocycles. The van der Waals surface area contributed by atoms with Crippen molar-refractivity contribution in [2.75, 3.05) is 14.2 Å². The van der Waals surface area contributed by atoms with Crippen LogP contribution in [0.15, 0.2) is 34.8 Å². The second-order valence-electron chi connectivity index (χ2n) is 4.73. The van der Waals surface area contributed by atoms with Gasteiger partial charge in [0.1, 0.15) is 5.75 Å². The summed E-state index contributed by atoms with van der Waals surface area (Å²) in [7, 11) is 3.48. The van der Waals surface area contributed by atoms with Gasteiger partial charge in [0.15, 0.2) is 0 Å². The van der Waals surface area contributed by atoms with Crippen LogP contribution in [-0.4, -0.2) is 14.2 Å². The molecule has 1 N–H and O–H groups in total. The summed E-state index contributed by atoms with van der Waals surface area (Å²) in [6.07, 6.45) is 0. The Bertz CT molecular complexity index is 661. The Labute approximate surface area is 143 Å². The van der Waals surface area contributed by atoms with Gasteiger partial charge in [0.05, 0.1) is 18.2 Å². The van der Waals surface area contributed by atoms with E-state index in [-0.39, 0.29) is 6.04 Å². The highest BCUT2D eigenvalue weighted by Gasteiger charge is 2.19. The van der Waals surface area contributed by atoms with Crippen LogP contribution in [0.3, 0.4) is 0 Å². The number of methoxy groups -OCH3 is 1. The van der Waals surface area contributed by atoms with Crippen LogP contribution in [0, 0.1) is 6.92 Å². The van der Waals surface area contributed by atoms with E-state index < -0.39 is 0 Å². The van der Waals surface area contributed by atoms with Gasteiger partial charge in [0.25, 0.3) is 0 Å². The van der Waals surface area contributed by atoms with Crippen LogP contribution in [0.5, 0.6) is 5.75 Å². The Hall–Kier alpha value is -0.740.